The number of nitrogens with zero attached hydrogens (tertiary/aromatic N) is 3. The quantitative estimate of drug-likeness (QED) is 0.131. The number of aromatic nitrogens is 1. The van der Waals surface area contributed by atoms with E-state index in [9.17, 15) is 13.8 Å². The Kier molecular flexibility index (Phi) is 14.7. The number of carbonyl (C=O) groups excluding carboxylic acids is 2. The second kappa shape index (κ2) is 20.3. The Morgan fingerprint density at radius 2 is 1.26 bits per heavy atom. The Balaban J connectivity index is 0.000000162. The molecule has 0 radical (unpaired) electrons. The van der Waals surface area contributed by atoms with Gasteiger partial charge in [0, 0.05) is 82.3 Å². The van der Waals surface area contributed by atoms with Crippen molar-refractivity contribution in [2.75, 3.05) is 39.0 Å². The summed E-state index contributed by atoms with van der Waals surface area (Å²) in [4.78, 5) is 36.6. The van der Waals surface area contributed by atoms with Crippen molar-refractivity contribution in [2.24, 2.45) is 17.8 Å². The SMILES string of the molecule is CCCC.CS(=O)c1ccc2cc(C(=O)C3CCCN(C4CCCC4)C3)ccc2c1.O=C(c1ccc2cc(-c3ccccn3)ccc2c1)C1CCCN(CC2CC2)C1. The molecule has 1 aromatic heterocycles. The van der Waals surface area contributed by atoms with Crippen molar-refractivity contribution in [1.29, 1.82) is 0 Å². The van der Waals surface area contributed by atoms with E-state index in [0.29, 0.717) is 11.8 Å². The van der Waals surface area contributed by atoms with Gasteiger partial charge in [0.15, 0.2) is 11.6 Å². The molecule has 3 heterocycles. The number of benzene rings is 4. The van der Waals surface area contributed by atoms with Crippen LogP contribution in [0.3, 0.4) is 0 Å². The molecule has 2 aliphatic carbocycles. The zero-order valence-corrected chi connectivity index (χ0v) is 35.9. The van der Waals surface area contributed by atoms with Crippen LogP contribution in [0.4, 0.5) is 0 Å². The van der Waals surface area contributed by atoms with Crippen LogP contribution in [0.25, 0.3) is 32.8 Å². The molecule has 0 bridgehead atoms. The molecule has 6 nitrogen and oxygen atoms in total. The number of likely N-dealkylation sites (tertiary alicyclic amines) is 2. The summed E-state index contributed by atoms with van der Waals surface area (Å²) < 4.78 is 11.7. The molecule has 2 saturated heterocycles. The van der Waals surface area contributed by atoms with Crippen molar-refractivity contribution in [2.45, 2.75) is 102 Å². The largest absolute Gasteiger partial charge is 0.302 e. The van der Waals surface area contributed by atoms with Gasteiger partial charge in [-0.1, -0.05) is 88.1 Å². The molecule has 0 N–H and O–H groups in total. The van der Waals surface area contributed by atoms with E-state index in [2.05, 4.69) is 59.0 Å². The highest BCUT2D eigenvalue weighted by molar-refractivity contribution is 7.84. The number of pyridine rings is 1. The zero-order chi connectivity index (χ0) is 40.4. The summed E-state index contributed by atoms with van der Waals surface area (Å²) in [6.45, 7) is 9.73. The van der Waals surface area contributed by atoms with Gasteiger partial charge in [0.05, 0.1) is 5.69 Å². The molecule has 2 saturated carbocycles. The van der Waals surface area contributed by atoms with Crippen LogP contribution in [-0.2, 0) is 10.8 Å². The molecule has 5 aromatic rings. The van der Waals surface area contributed by atoms with Gasteiger partial charge in [-0.3, -0.25) is 23.7 Å². The number of piperidine rings is 2. The summed E-state index contributed by atoms with van der Waals surface area (Å²) in [7, 11) is -0.981. The second-order valence-corrected chi connectivity index (χ2v) is 18.6. The molecule has 9 rings (SSSR count). The van der Waals surface area contributed by atoms with Crippen LogP contribution >= 0.6 is 0 Å². The van der Waals surface area contributed by atoms with Crippen LogP contribution in [0.15, 0.2) is 102 Å². The van der Waals surface area contributed by atoms with Crippen LogP contribution in [0, 0.1) is 17.8 Å². The molecule has 4 fully saturated rings. The monoisotopic (exact) mass is 797 g/mol. The summed E-state index contributed by atoms with van der Waals surface area (Å²) in [5.41, 5.74) is 3.76. The Bertz CT molecular complexity index is 2170. The van der Waals surface area contributed by atoms with Gasteiger partial charge >= 0.3 is 0 Å². The highest BCUT2D eigenvalue weighted by Crippen LogP contribution is 2.33. The first kappa shape index (κ1) is 42.1. The van der Waals surface area contributed by atoms with E-state index in [1.807, 2.05) is 66.9 Å². The van der Waals surface area contributed by atoms with Gasteiger partial charge in [0.1, 0.15) is 0 Å². The molecule has 58 heavy (non-hydrogen) atoms. The summed E-state index contributed by atoms with van der Waals surface area (Å²) in [5, 5.41) is 4.37. The fraction of sp³-hybridized carbons (Fsp3) is 0.471. The third kappa shape index (κ3) is 11.0. The van der Waals surface area contributed by atoms with E-state index >= 15 is 0 Å². The predicted molar refractivity (Wildman–Crippen MR) is 241 cm³/mol. The molecule has 2 aliphatic heterocycles. The average molecular weight is 798 g/mol. The van der Waals surface area contributed by atoms with E-state index in [1.54, 1.807) is 6.26 Å². The van der Waals surface area contributed by atoms with Gasteiger partial charge in [0.2, 0.25) is 0 Å². The summed E-state index contributed by atoms with van der Waals surface area (Å²) in [6.07, 6.45) is 18.5. The first-order valence-corrected chi connectivity index (χ1v) is 23.7. The van der Waals surface area contributed by atoms with Gasteiger partial charge in [-0.2, -0.15) is 0 Å². The van der Waals surface area contributed by atoms with E-state index in [1.165, 1.54) is 57.9 Å². The molecule has 4 aliphatic rings. The number of unbranched alkanes of at least 4 members (excludes halogenated alkanes) is 1. The number of hydrogen-bond acceptors (Lipinski definition) is 6. The van der Waals surface area contributed by atoms with Gasteiger partial charge in [0.25, 0.3) is 0 Å². The fourth-order valence-corrected chi connectivity index (χ4v) is 9.59. The standard InChI is InChI=1S/C25H26N2O.C22H27NO2S.C4H10/c28-25(23-4-3-13-27(17-23)16-18-6-7-18)22-11-9-19-14-21(10-8-20(19)15-22)24-5-1-2-12-26-24;1-26(25)21-11-10-16-13-18(9-8-17(16)14-21)22(24)19-5-4-12-23(15-19)20-6-2-3-7-20;1-3-4-2/h1-2,5,8-12,14-15,18,23H,3-4,6-7,13,16-17H2;8-11,13-14,19-20H,2-7,12,15H2,1H3;3-4H2,1-2H3. The van der Waals surface area contributed by atoms with Gasteiger partial charge in [-0.25, -0.2) is 0 Å². The number of fused-ring (bicyclic) bond motifs is 2. The van der Waals surface area contributed by atoms with E-state index in [0.717, 1.165) is 107 Å². The maximum Gasteiger partial charge on any atom is 0.167 e. The second-order valence-electron chi connectivity index (χ2n) is 17.2. The molecular weight excluding hydrogens is 735 g/mol. The number of ketones is 2. The predicted octanol–water partition coefficient (Wildman–Crippen LogP) is 11.4. The van der Waals surface area contributed by atoms with Crippen LogP contribution in [0.2, 0.25) is 0 Å². The Labute approximate surface area is 349 Å². The van der Waals surface area contributed by atoms with Gasteiger partial charge in [-0.05, 0) is 134 Å². The lowest BCUT2D eigenvalue weighted by atomic mass is 9.88. The number of Topliss-reactive ketones (excluding diaryl/α,β-unsaturated/α-hetero) is 2. The van der Waals surface area contributed by atoms with Gasteiger partial charge in [-0.15, -0.1) is 0 Å². The normalized spacial score (nSPS) is 20.8. The van der Waals surface area contributed by atoms with E-state index in [-0.39, 0.29) is 17.6 Å². The smallest absolute Gasteiger partial charge is 0.167 e. The zero-order valence-electron chi connectivity index (χ0n) is 35.0. The molecule has 3 atom stereocenters. The van der Waals surface area contributed by atoms with Crippen molar-refractivity contribution >= 4 is 43.9 Å². The average Bonchev–Trinajstić information content (AvgIpc) is 3.92. The number of hydrogen-bond donors (Lipinski definition) is 0. The molecular formula is C51H63N3O3S. The fourth-order valence-electron chi connectivity index (χ4n) is 9.04. The summed E-state index contributed by atoms with van der Waals surface area (Å²) in [6, 6.07) is 31.0. The van der Waals surface area contributed by atoms with Crippen molar-refractivity contribution in [3.63, 3.8) is 0 Å². The Morgan fingerprint density at radius 1 is 0.655 bits per heavy atom. The van der Waals surface area contributed by atoms with Crippen molar-refractivity contribution in [3.05, 3.63) is 108 Å². The minimum absolute atomic E-state index is 0.129. The third-order valence-electron chi connectivity index (χ3n) is 12.8. The summed E-state index contributed by atoms with van der Waals surface area (Å²) in [5.74, 6) is 1.78. The highest BCUT2D eigenvalue weighted by Gasteiger charge is 2.32. The van der Waals surface area contributed by atoms with Crippen molar-refractivity contribution < 1.29 is 13.8 Å². The molecule has 0 amide bonds. The Hall–Kier alpha value is -4.04. The number of carbonyl (C=O) groups is 2. The molecule has 0 spiro atoms. The first-order chi connectivity index (χ1) is 28.3. The molecule has 306 valence electrons. The molecule has 7 heteroatoms. The Morgan fingerprint density at radius 3 is 1.88 bits per heavy atom. The lowest BCUT2D eigenvalue weighted by Crippen LogP contribution is -2.43. The maximum atomic E-state index is 13.1. The van der Waals surface area contributed by atoms with E-state index in [4.69, 9.17) is 0 Å². The minimum atomic E-state index is -0.981. The van der Waals surface area contributed by atoms with Crippen molar-refractivity contribution in [1.82, 2.24) is 14.8 Å². The molecule has 4 aromatic carbocycles. The van der Waals surface area contributed by atoms with Gasteiger partial charge < -0.3 is 4.90 Å². The summed E-state index contributed by atoms with van der Waals surface area (Å²) >= 11 is 0. The third-order valence-corrected chi connectivity index (χ3v) is 13.7. The number of rotatable bonds is 10. The van der Waals surface area contributed by atoms with Crippen LogP contribution < -0.4 is 0 Å². The lowest BCUT2D eigenvalue weighted by Gasteiger charge is -2.36. The minimum Gasteiger partial charge on any atom is -0.302 e. The van der Waals surface area contributed by atoms with Crippen LogP contribution in [0.1, 0.15) is 112 Å². The van der Waals surface area contributed by atoms with E-state index < -0.39 is 10.8 Å². The lowest BCUT2D eigenvalue weighted by molar-refractivity contribution is 0.0757. The first-order valence-electron chi connectivity index (χ1n) is 22.2. The highest BCUT2D eigenvalue weighted by atomic mass is 32.2. The topological polar surface area (TPSA) is 70.6 Å². The maximum absolute atomic E-state index is 13.1. The molecule has 3 unspecified atom stereocenters. The van der Waals surface area contributed by atoms with Crippen LogP contribution in [-0.4, -0.2) is 75.6 Å². The van der Waals surface area contributed by atoms with Crippen LogP contribution in [0.5, 0.6) is 0 Å². The van der Waals surface area contributed by atoms with Crippen molar-refractivity contribution in [3.8, 4) is 11.3 Å².